The molecule has 2 saturated heterocycles. The van der Waals surface area contributed by atoms with Gasteiger partial charge in [0.2, 0.25) is 0 Å². The smallest absolute Gasteiger partial charge is 0.272 e. The van der Waals surface area contributed by atoms with E-state index >= 15 is 0 Å². The minimum Gasteiger partial charge on any atom is -0.347 e. The van der Waals surface area contributed by atoms with Crippen molar-refractivity contribution in [2.45, 2.75) is 50.9 Å². The van der Waals surface area contributed by atoms with Gasteiger partial charge < -0.3 is 10.6 Å². The monoisotopic (exact) mass is 367 g/mol. The highest BCUT2D eigenvalue weighted by Gasteiger charge is 2.30. The molecule has 6 heteroatoms. The van der Waals surface area contributed by atoms with Crippen molar-refractivity contribution >= 4 is 5.91 Å². The molecule has 2 aromatic rings. The molecule has 1 aromatic heterocycles. The number of amides is 1. The number of benzene rings is 1. The second kappa shape index (κ2) is 8.23. The van der Waals surface area contributed by atoms with Gasteiger partial charge in [-0.15, -0.1) is 0 Å². The number of carbonyl (C=O) groups excluding carboxylic acids is 1. The van der Waals surface area contributed by atoms with E-state index < -0.39 is 0 Å². The SMILES string of the molecule is CC1CC(NC(=O)c2ccn(C3CCCNC3)n2)CN1Cc1ccccc1. The maximum Gasteiger partial charge on any atom is 0.272 e. The molecule has 0 aliphatic carbocycles. The normalized spacial score (nSPS) is 26.2. The number of rotatable bonds is 5. The van der Waals surface area contributed by atoms with Crippen molar-refractivity contribution in [3.05, 3.63) is 53.9 Å². The standard InChI is InChI=1S/C21H29N5O/c1-16-12-18(15-25(16)14-17-6-3-2-4-7-17)23-21(27)20-9-11-26(24-20)19-8-5-10-22-13-19/h2-4,6-7,9,11,16,18-19,22H,5,8,10,12-15H2,1H3,(H,23,27). The van der Waals surface area contributed by atoms with Gasteiger partial charge in [0.15, 0.2) is 0 Å². The summed E-state index contributed by atoms with van der Waals surface area (Å²) in [6.45, 7) is 6.05. The van der Waals surface area contributed by atoms with Crippen molar-refractivity contribution in [3.63, 3.8) is 0 Å². The van der Waals surface area contributed by atoms with E-state index in [9.17, 15) is 4.79 Å². The molecule has 1 amide bonds. The zero-order chi connectivity index (χ0) is 18.6. The molecule has 27 heavy (non-hydrogen) atoms. The van der Waals surface area contributed by atoms with Gasteiger partial charge in [0.05, 0.1) is 6.04 Å². The van der Waals surface area contributed by atoms with Crippen LogP contribution >= 0.6 is 0 Å². The van der Waals surface area contributed by atoms with Gasteiger partial charge in [-0.3, -0.25) is 14.4 Å². The highest BCUT2D eigenvalue weighted by atomic mass is 16.2. The largest absolute Gasteiger partial charge is 0.347 e. The average molecular weight is 367 g/mol. The van der Waals surface area contributed by atoms with Gasteiger partial charge in [-0.25, -0.2) is 0 Å². The maximum absolute atomic E-state index is 12.6. The molecule has 0 spiro atoms. The molecular formula is C21H29N5O. The van der Waals surface area contributed by atoms with Crippen LogP contribution in [0.4, 0.5) is 0 Å². The minimum absolute atomic E-state index is 0.0590. The Morgan fingerprint density at radius 2 is 2.15 bits per heavy atom. The Morgan fingerprint density at radius 3 is 2.93 bits per heavy atom. The predicted molar refractivity (Wildman–Crippen MR) is 106 cm³/mol. The first kappa shape index (κ1) is 18.2. The molecule has 3 unspecified atom stereocenters. The van der Waals surface area contributed by atoms with Crippen LogP contribution in [-0.2, 0) is 6.54 Å². The van der Waals surface area contributed by atoms with Gasteiger partial charge >= 0.3 is 0 Å². The van der Waals surface area contributed by atoms with E-state index in [1.54, 1.807) is 0 Å². The summed E-state index contributed by atoms with van der Waals surface area (Å²) in [7, 11) is 0. The van der Waals surface area contributed by atoms with Crippen molar-refractivity contribution in [2.24, 2.45) is 0 Å². The summed E-state index contributed by atoms with van der Waals surface area (Å²) in [4.78, 5) is 15.1. The number of hydrogen-bond donors (Lipinski definition) is 2. The number of carbonyl (C=O) groups is 1. The third-order valence-corrected chi connectivity index (χ3v) is 5.75. The van der Waals surface area contributed by atoms with Crippen LogP contribution in [0.15, 0.2) is 42.6 Å². The number of aromatic nitrogens is 2. The van der Waals surface area contributed by atoms with E-state index in [4.69, 9.17) is 0 Å². The summed E-state index contributed by atoms with van der Waals surface area (Å²) in [5.41, 5.74) is 1.84. The van der Waals surface area contributed by atoms with E-state index in [2.05, 4.69) is 51.8 Å². The Hall–Kier alpha value is -2.18. The van der Waals surface area contributed by atoms with Crippen molar-refractivity contribution in [1.82, 2.24) is 25.3 Å². The van der Waals surface area contributed by atoms with Crippen LogP contribution in [0, 0.1) is 0 Å². The zero-order valence-electron chi connectivity index (χ0n) is 16.0. The lowest BCUT2D eigenvalue weighted by atomic mass is 10.1. The zero-order valence-corrected chi connectivity index (χ0v) is 16.0. The molecule has 2 aliphatic heterocycles. The Kier molecular flexibility index (Phi) is 5.55. The number of nitrogens with one attached hydrogen (secondary N) is 2. The fourth-order valence-corrected chi connectivity index (χ4v) is 4.22. The van der Waals surface area contributed by atoms with Crippen LogP contribution in [0.2, 0.25) is 0 Å². The summed E-state index contributed by atoms with van der Waals surface area (Å²) in [5, 5.41) is 11.1. The van der Waals surface area contributed by atoms with E-state index in [-0.39, 0.29) is 11.9 Å². The molecule has 144 valence electrons. The van der Waals surface area contributed by atoms with E-state index in [1.807, 2.05) is 23.0 Å². The average Bonchev–Trinajstić information content (AvgIpc) is 3.31. The molecule has 2 aliphatic rings. The van der Waals surface area contributed by atoms with E-state index in [1.165, 1.54) is 5.56 Å². The Morgan fingerprint density at radius 1 is 1.30 bits per heavy atom. The van der Waals surface area contributed by atoms with Crippen LogP contribution in [0.3, 0.4) is 0 Å². The fraction of sp³-hybridized carbons (Fsp3) is 0.524. The fourth-order valence-electron chi connectivity index (χ4n) is 4.22. The van der Waals surface area contributed by atoms with Crippen molar-refractivity contribution in [3.8, 4) is 0 Å². The first-order valence-corrected chi connectivity index (χ1v) is 10.0. The number of hydrogen-bond acceptors (Lipinski definition) is 4. The molecular weight excluding hydrogens is 338 g/mol. The highest BCUT2D eigenvalue weighted by molar-refractivity contribution is 5.92. The molecule has 1 aromatic carbocycles. The van der Waals surface area contributed by atoms with Crippen LogP contribution in [-0.4, -0.2) is 52.3 Å². The van der Waals surface area contributed by atoms with Crippen LogP contribution in [0.5, 0.6) is 0 Å². The second-order valence-electron chi connectivity index (χ2n) is 7.85. The van der Waals surface area contributed by atoms with E-state index in [0.717, 1.165) is 45.4 Å². The molecule has 0 bridgehead atoms. The summed E-state index contributed by atoms with van der Waals surface area (Å²) >= 11 is 0. The van der Waals surface area contributed by atoms with Gasteiger partial charge in [0.25, 0.3) is 5.91 Å². The van der Waals surface area contributed by atoms with Crippen molar-refractivity contribution in [2.75, 3.05) is 19.6 Å². The van der Waals surface area contributed by atoms with Gasteiger partial charge in [-0.1, -0.05) is 30.3 Å². The quantitative estimate of drug-likeness (QED) is 0.851. The predicted octanol–water partition coefficient (Wildman–Crippen LogP) is 2.20. The Bertz CT molecular complexity index is 753. The Balaban J connectivity index is 1.32. The van der Waals surface area contributed by atoms with E-state index in [0.29, 0.717) is 17.8 Å². The maximum atomic E-state index is 12.6. The summed E-state index contributed by atoms with van der Waals surface area (Å²) < 4.78 is 1.94. The second-order valence-corrected chi connectivity index (χ2v) is 7.85. The Labute approximate surface area is 160 Å². The highest BCUT2D eigenvalue weighted by Crippen LogP contribution is 2.21. The van der Waals surface area contributed by atoms with Crippen molar-refractivity contribution < 1.29 is 4.79 Å². The summed E-state index contributed by atoms with van der Waals surface area (Å²) in [5.74, 6) is -0.0590. The van der Waals surface area contributed by atoms with Crippen molar-refractivity contribution in [1.29, 1.82) is 0 Å². The lowest BCUT2D eigenvalue weighted by Gasteiger charge is -2.22. The van der Waals surface area contributed by atoms with Gasteiger partial charge in [0, 0.05) is 37.9 Å². The molecule has 3 heterocycles. The lowest BCUT2D eigenvalue weighted by molar-refractivity contribution is 0.0931. The number of nitrogens with zero attached hydrogens (tertiary/aromatic N) is 3. The lowest BCUT2D eigenvalue weighted by Crippen LogP contribution is -2.37. The summed E-state index contributed by atoms with van der Waals surface area (Å²) in [6, 6.07) is 13.3. The molecule has 6 nitrogen and oxygen atoms in total. The molecule has 2 N–H and O–H groups in total. The molecule has 4 rings (SSSR count). The van der Waals surface area contributed by atoms with Crippen LogP contribution in [0.1, 0.15) is 48.3 Å². The minimum atomic E-state index is -0.0590. The third-order valence-electron chi connectivity index (χ3n) is 5.75. The van der Waals surface area contributed by atoms with Crippen LogP contribution in [0.25, 0.3) is 0 Å². The van der Waals surface area contributed by atoms with Gasteiger partial charge in [0.1, 0.15) is 5.69 Å². The first-order chi connectivity index (χ1) is 13.2. The first-order valence-electron chi connectivity index (χ1n) is 10.0. The number of piperidine rings is 1. The molecule has 0 saturated carbocycles. The third kappa shape index (κ3) is 4.39. The molecule has 2 fully saturated rings. The van der Waals surface area contributed by atoms with Gasteiger partial charge in [-0.05, 0) is 44.4 Å². The van der Waals surface area contributed by atoms with Crippen LogP contribution < -0.4 is 10.6 Å². The van der Waals surface area contributed by atoms with Gasteiger partial charge in [-0.2, -0.15) is 5.10 Å². The summed E-state index contributed by atoms with van der Waals surface area (Å²) in [6.07, 6.45) is 5.19. The topological polar surface area (TPSA) is 62.2 Å². The molecule has 3 atom stereocenters. The molecule has 0 radical (unpaired) electrons. The number of likely N-dealkylation sites (tertiary alicyclic amines) is 1.